The Labute approximate surface area is 122 Å². The summed E-state index contributed by atoms with van der Waals surface area (Å²) in [6.07, 6.45) is 1.57. The van der Waals surface area contributed by atoms with Gasteiger partial charge in [-0.2, -0.15) is 0 Å². The van der Waals surface area contributed by atoms with Crippen molar-refractivity contribution in [3.05, 3.63) is 23.2 Å². The monoisotopic (exact) mass is 296 g/mol. The Hall–Kier alpha value is -1.79. The highest BCUT2D eigenvalue weighted by molar-refractivity contribution is 6.31. The van der Waals surface area contributed by atoms with Crippen LogP contribution in [0.3, 0.4) is 0 Å². The smallest absolute Gasteiger partial charge is 0.238 e. The zero-order valence-electron chi connectivity index (χ0n) is 10.9. The van der Waals surface area contributed by atoms with Crippen LogP contribution in [0.1, 0.15) is 12.8 Å². The zero-order valence-corrected chi connectivity index (χ0v) is 11.7. The highest BCUT2D eigenvalue weighted by Gasteiger charge is 2.30. The number of hydrogen-bond donors (Lipinski definition) is 3. The number of likely N-dealkylation sites (tertiary alicyclic amines) is 1. The Morgan fingerprint density at radius 3 is 2.85 bits per heavy atom. The predicted octanol–water partition coefficient (Wildman–Crippen LogP) is 0.810. The molecule has 7 heteroatoms. The van der Waals surface area contributed by atoms with Crippen LogP contribution >= 0.6 is 11.6 Å². The van der Waals surface area contributed by atoms with E-state index in [0.717, 1.165) is 6.42 Å². The molecule has 20 heavy (non-hydrogen) atoms. The number of carbonyl (C=O) groups excluding carboxylic acids is 2. The van der Waals surface area contributed by atoms with E-state index in [1.165, 1.54) is 0 Å². The van der Waals surface area contributed by atoms with Gasteiger partial charge in [0.1, 0.15) is 0 Å². The second-order valence-corrected chi connectivity index (χ2v) is 5.25. The van der Waals surface area contributed by atoms with Gasteiger partial charge < -0.3 is 16.8 Å². The number of nitrogens with two attached hydrogens (primary N) is 2. The minimum atomic E-state index is -0.388. The number of primary amides is 1. The summed E-state index contributed by atoms with van der Waals surface area (Å²) in [5.41, 5.74) is 12.0. The van der Waals surface area contributed by atoms with Gasteiger partial charge in [0.05, 0.1) is 24.0 Å². The van der Waals surface area contributed by atoms with Gasteiger partial charge in [0.15, 0.2) is 0 Å². The van der Waals surface area contributed by atoms with Crippen LogP contribution in [0.15, 0.2) is 18.2 Å². The summed E-state index contributed by atoms with van der Waals surface area (Å²) in [7, 11) is 0. The lowest BCUT2D eigenvalue weighted by Crippen LogP contribution is -2.43. The molecular formula is C13H17ClN4O2. The number of halogens is 1. The van der Waals surface area contributed by atoms with Crippen molar-refractivity contribution in [2.75, 3.05) is 24.1 Å². The van der Waals surface area contributed by atoms with E-state index in [1.807, 2.05) is 0 Å². The van der Waals surface area contributed by atoms with E-state index in [1.54, 1.807) is 23.1 Å². The molecule has 1 aliphatic rings. The Morgan fingerprint density at radius 2 is 2.20 bits per heavy atom. The van der Waals surface area contributed by atoms with Crippen LogP contribution in [0.2, 0.25) is 5.02 Å². The first-order valence-corrected chi connectivity index (χ1v) is 6.73. The first-order valence-electron chi connectivity index (χ1n) is 6.35. The van der Waals surface area contributed by atoms with Crippen molar-refractivity contribution in [1.29, 1.82) is 0 Å². The Balaban J connectivity index is 1.97. The van der Waals surface area contributed by atoms with E-state index < -0.39 is 0 Å². The van der Waals surface area contributed by atoms with Crippen molar-refractivity contribution in [1.82, 2.24) is 4.90 Å². The number of rotatable bonds is 4. The molecule has 2 rings (SSSR count). The molecule has 1 fully saturated rings. The fraction of sp³-hybridized carbons (Fsp3) is 0.385. The summed E-state index contributed by atoms with van der Waals surface area (Å²) < 4.78 is 0. The zero-order chi connectivity index (χ0) is 14.7. The topological polar surface area (TPSA) is 101 Å². The maximum Gasteiger partial charge on any atom is 0.238 e. The van der Waals surface area contributed by atoms with Gasteiger partial charge in [-0.3, -0.25) is 14.5 Å². The quantitative estimate of drug-likeness (QED) is 0.716. The molecule has 5 N–H and O–H groups in total. The number of amides is 2. The summed E-state index contributed by atoms with van der Waals surface area (Å²) in [5, 5.41) is 3.22. The van der Waals surface area contributed by atoms with Crippen LogP contribution in [-0.4, -0.2) is 35.8 Å². The third kappa shape index (κ3) is 3.40. The third-order valence-corrected chi connectivity index (χ3v) is 3.56. The van der Waals surface area contributed by atoms with Gasteiger partial charge in [-0.15, -0.1) is 0 Å². The van der Waals surface area contributed by atoms with Crippen molar-refractivity contribution >= 4 is 34.8 Å². The number of hydrogen-bond acceptors (Lipinski definition) is 4. The van der Waals surface area contributed by atoms with E-state index >= 15 is 0 Å². The van der Waals surface area contributed by atoms with Gasteiger partial charge in [0.25, 0.3) is 0 Å². The summed E-state index contributed by atoms with van der Waals surface area (Å²) in [4.78, 5) is 25.0. The number of nitrogens with one attached hydrogen (secondary N) is 1. The molecular weight excluding hydrogens is 280 g/mol. The normalized spacial score (nSPS) is 18.9. The first-order chi connectivity index (χ1) is 9.47. The van der Waals surface area contributed by atoms with E-state index in [4.69, 9.17) is 23.1 Å². The second kappa shape index (κ2) is 6.11. The molecule has 0 spiro atoms. The van der Waals surface area contributed by atoms with Crippen LogP contribution < -0.4 is 16.8 Å². The lowest BCUT2D eigenvalue weighted by Gasteiger charge is -2.21. The SMILES string of the molecule is NC(=O)C1CCCN1CC(=O)Nc1ccc(Cl)cc1N. The molecule has 2 amide bonds. The Morgan fingerprint density at radius 1 is 1.45 bits per heavy atom. The molecule has 1 heterocycles. The highest BCUT2D eigenvalue weighted by atomic mass is 35.5. The van der Waals surface area contributed by atoms with Crippen molar-refractivity contribution in [2.24, 2.45) is 5.73 Å². The average Bonchev–Trinajstić information content (AvgIpc) is 2.81. The summed E-state index contributed by atoms with van der Waals surface area (Å²) in [6, 6.07) is 4.50. The van der Waals surface area contributed by atoms with Crippen molar-refractivity contribution in [2.45, 2.75) is 18.9 Å². The second-order valence-electron chi connectivity index (χ2n) is 4.81. The number of nitrogen functional groups attached to an aromatic ring is 1. The largest absolute Gasteiger partial charge is 0.397 e. The number of carbonyl (C=O) groups is 2. The van der Waals surface area contributed by atoms with E-state index in [-0.39, 0.29) is 24.4 Å². The first kappa shape index (κ1) is 14.6. The number of anilines is 2. The van der Waals surface area contributed by atoms with Crippen LogP contribution in [0, 0.1) is 0 Å². The fourth-order valence-electron chi connectivity index (χ4n) is 2.36. The fourth-order valence-corrected chi connectivity index (χ4v) is 2.54. The number of benzene rings is 1. The summed E-state index contributed by atoms with van der Waals surface area (Å²) in [6.45, 7) is 0.812. The maximum absolute atomic E-state index is 12.0. The lowest BCUT2D eigenvalue weighted by atomic mass is 10.2. The molecule has 1 atom stereocenters. The Kier molecular flexibility index (Phi) is 4.46. The average molecular weight is 297 g/mol. The molecule has 1 aromatic carbocycles. The molecule has 0 aromatic heterocycles. The van der Waals surface area contributed by atoms with E-state index in [2.05, 4.69) is 5.32 Å². The number of nitrogens with zero attached hydrogens (tertiary/aromatic N) is 1. The lowest BCUT2D eigenvalue weighted by molar-refractivity contribution is -0.123. The summed E-state index contributed by atoms with van der Waals surface area (Å²) >= 11 is 5.79. The molecule has 1 aliphatic heterocycles. The van der Waals surface area contributed by atoms with Gasteiger partial charge in [0.2, 0.25) is 11.8 Å². The predicted molar refractivity (Wildman–Crippen MR) is 78.3 cm³/mol. The van der Waals surface area contributed by atoms with Gasteiger partial charge in [0, 0.05) is 5.02 Å². The van der Waals surface area contributed by atoms with Gasteiger partial charge >= 0.3 is 0 Å². The molecule has 0 aliphatic carbocycles. The molecule has 6 nitrogen and oxygen atoms in total. The maximum atomic E-state index is 12.0. The summed E-state index contributed by atoms with van der Waals surface area (Å²) in [5.74, 6) is -0.617. The molecule has 0 saturated carbocycles. The van der Waals surface area contributed by atoms with Gasteiger partial charge in [-0.1, -0.05) is 11.6 Å². The Bertz CT molecular complexity index is 535. The molecule has 0 radical (unpaired) electrons. The van der Waals surface area contributed by atoms with Gasteiger partial charge in [-0.25, -0.2) is 0 Å². The molecule has 0 bridgehead atoms. The van der Waals surface area contributed by atoms with Gasteiger partial charge in [-0.05, 0) is 37.6 Å². The molecule has 108 valence electrons. The molecule has 1 unspecified atom stereocenters. The molecule has 1 saturated heterocycles. The molecule has 1 aromatic rings. The van der Waals surface area contributed by atoms with E-state index in [9.17, 15) is 9.59 Å². The van der Waals surface area contributed by atoms with Crippen LogP contribution in [-0.2, 0) is 9.59 Å². The van der Waals surface area contributed by atoms with Crippen LogP contribution in [0.25, 0.3) is 0 Å². The van der Waals surface area contributed by atoms with Crippen LogP contribution in [0.4, 0.5) is 11.4 Å². The van der Waals surface area contributed by atoms with Crippen molar-refractivity contribution < 1.29 is 9.59 Å². The van der Waals surface area contributed by atoms with Crippen molar-refractivity contribution in [3.8, 4) is 0 Å². The third-order valence-electron chi connectivity index (χ3n) is 3.33. The minimum absolute atomic E-state index is 0.121. The van der Waals surface area contributed by atoms with Crippen molar-refractivity contribution in [3.63, 3.8) is 0 Å². The van der Waals surface area contributed by atoms with E-state index in [0.29, 0.717) is 29.4 Å². The van der Waals surface area contributed by atoms with Crippen LogP contribution in [0.5, 0.6) is 0 Å². The minimum Gasteiger partial charge on any atom is -0.397 e. The highest BCUT2D eigenvalue weighted by Crippen LogP contribution is 2.23. The standard InChI is InChI=1S/C13H17ClN4O2/c14-8-3-4-10(9(15)6-8)17-12(19)7-18-5-1-2-11(18)13(16)20/h3-4,6,11H,1-2,5,7,15H2,(H2,16,20)(H,17,19).